The van der Waals surface area contributed by atoms with Gasteiger partial charge < -0.3 is 4.74 Å². The number of hydrogen-bond donors (Lipinski definition) is 0. The molecule has 1 heterocycles. The summed E-state index contributed by atoms with van der Waals surface area (Å²) < 4.78 is 6.91. The second-order valence-corrected chi connectivity index (χ2v) is 27.2. The van der Waals surface area contributed by atoms with E-state index in [9.17, 15) is 0 Å². The third kappa shape index (κ3) is 8.93. The van der Waals surface area contributed by atoms with E-state index in [4.69, 9.17) is 4.74 Å². The maximum absolute atomic E-state index is 6.91. The highest BCUT2D eigenvalue weighted by Gasteiger charge is 2.63. The Labute approximate surface area is 433 Å². The maximum Gasteiger partial charge on any atom is 0.102 e. The van der Waals surface area contributed by atoms with Crippen LogP contribution in [-0.2, 0) is 4.74 Å². The zero-order chi connectivity index (χ0) is 47.5. The van der Waals surface area contributed by atoms with E-state index in [1.165, 1.54) is 186 Å². The minimum Gasteiger partial charge on any atom is -0.495 e. The van der Waals surface area contributed by atoms with Gasteiger partial charge in [0, 0.05) is 54.5 Å². The Morgan fingerprint density at radius 1 is 0.620 bits per heavy atom. The molecule has 6 fully saturated rings. The van der Waals surface area contributed by atoms with Crippen molar-refractivity contribution in [3.8, 4) is 0 Å². The van der Waals surface area contributed by atoms with Crippen molar-refractivity contribution in [1.82, 2.24) is 9.80 Å². The van der Waals surface area contributed by atoms with Crippen LogP contribution >= 0.6 is 0 Å². The van der Waals surface area contributed by atoms with Crippen molar-refractivity contribution >= 4 is 0 Å². The van der Waals surface area contributed by atoms with Gasteiger partial charge in [-0.25, -0.2) is 0 Å². The van der Waals surface area contributed by atoms with Crippen LogP contribution in [0, 0.1) is 70.5 Å². The molecular weight excluding hydrogens is 861 g/mol. The van der Waals surface area contributed by atoms with Crippen LogP contribution in [0.25, 0.3) is 0 Å². The quantitative estimate of drug-likeness (QED) is 0.203. The molecule has 0 aromatic heterocycles. The summed E-state index contributed by atoms with van der Waals surface area (Å²) in [4.78, 5) is 6.58. The van der Waals surface area contributed by atoms with Crippen LogP contribution in [0.15, 0.2) is 95.9 Å². The number of likely N-dealkylation sites (tertiary alicyclic amines) is 1. The predicted octanol–water partition coefficient (Wildman–Crippen LogP) is 17.1. The molecule has 1 saturated heterocycles. The van der Waals surface area contributed by atoms with Crippen LogP contribution in [0.1, 0.15) is 212 Å². The normalized spacial score (nSPS) is 46.6. The molecule has 0 spiro atoms. The maximum atomic E-state index is 6.91. The molecule has 3 nitrogen and oxygen atoms in total. The van der Waals surface area contributed by atoms with Crippen molar-refractivity contribution in [3.63, 3.8) is 0 Å². The van der Waals surface area contributed by atoms with Gasteiger partial charge >= 0.3 is 0 Å². The van der Waals surface area contributed by atoms with Gasteiger partial charge in [0.1, 0.15) is 6.10 Å². The van der Waals surface area contributed by atoms with E-state index in [0.717, 1.165) is 90.9 Å². The second kappa shape index (κ2) is 21.0. The minimum absolute atomic E-state index is 0.174. The molecule has 17 unspecified atom stereocenters. The smallest absolute Gasteiger partial charge is 0.102 e. The molecule has 0 bridgehead atoms. The number of nitrogens with zero attached hydrogens (tertiary/aromatic N) is 2. The highest BCUT2D eigenvalue weighted by molar-refractivity contribution is 5.43. The van der Waals surface area contributed by atoms with Crippen LogP contribution in [0.3, 0.4) is 0 Å². The molecule has 0 aromatic carbocycles. The fourth-order valence-electron chi connectivity index (χ4n) is 20.9. The molecule has 13 aliphatic rings. The Hall–Kier alpha value is -2.36. The summed E-state index contributed by atoms with van der Waals surface area (Å²) in [6.07, 6.45) is 73.5. The van der Waals surface area contributed by atoms with Gasteiger partial charge in [-0.3, -0.25) is 9.80 Å². The second-order valence-electron chi connectivity index (χ2n) is 27.2. The van der Waals surface area contributed by atoms with Gasteiger partial charge in [0.25, 0.3) is 0 Å². The van der Waals surface area contributed by atoms with E-state index in [1.807, 2.05) is 16.7 Å². The van der Waals surface area contributed by atoms with Gasteiger partial charge in [-0.1, -0.05) is 104 Å². The molecule has 13 rings (SSSR count). The predicted molar refractivity (Wildman–Crippen MR) is 295 cm³/mol. The van der Waals surface area contributed by atoms with Crippen LogP contribution in [0.5, 0.6) is 0 Å². The van der Waals surface area contributed by atoms with Gasteiger partial charge in [0.15, 0.2) is 0 Å². The van der Waals surface area contributed by atoms with E-state index < -0.39 is 0 Å². The first kappa shape index (κ1) is 48.3. The fraction of sp³-hybridized carbons (Fsp3) is 0.765. The lowest BCUT2D eigenvalue weighted by Crippen LogP contribution is -2.56. The van der Waals surface area contributed by atoms with Crippen molar-refractivity contribution in [2.24, 2.45) is 70.5 Å². The third-order valence-electron chi connectivity index (χ3n) is 24.1. The first-order valence-electron chi connectivity index (χ1n) is 31.7. The van der Waals surface area contributed by atoms with Gasteiger partial charge in [0.05, 0.1) is 5.76 Å². The molecule has 0 aromatic rings. The summed E-state index contributed by atoms with van der Waals surface area (Å²) in [5, 5.41) is 0. The number of allylic oxidation sites excluding steroid dienone is 11. The molecule has 12 aliphatic carbocycles. The van der Waals surface area contributed by atoms with Gasteiger partial charge in [-0.2, -0.15) is 0 Å². The standard InChI is InChI=1S/C68H98N2O/c1-3-47-26-38-56(39-27-47)71-57-40-33-52(34-41-57)68(51-31-24-46(2)25-32-51)63-21-11-9-19-59(63)60-42-37-55(45-64(60)68)69(65-23-13-15-49-14-7-8-18-58(49)65)54-35-28-48(29-36-54)50-30-43-67-62(44-50)61-20-10-12-22-66(61)70(67)53-16-5-4-6-17-53/h3-5,11,15,21,31,33,37-38,42,46-48,50,53-55,57-67H,1,6-10,12-14,16-20,22-30,32,34-36,39-41,43-45H2,2H3. The molecule has 1 aliphatic heterocycles. The van der Waals surface area contributed by atoms with Crippen molar-refractivity contribution in [3.05, 3.63) is 95.9 Å². The van der Waals surface area contributed by atoms with Crippen molar-refractivity contribution in [1.29, 1.82) is 0 Å². The lowest BCUT2D eigenvalue weighted by atomic mass is 9.55. The summed E-state index contributed by atoms with van der Waals surface area (Å²) in [5.41, 5.74) is 5.78. The summed E-state index contributed by atoms with van der Waals surface area (Å²) in [7, 11) is 0. The Balaban J connectivity index is 0.783. The van der Waals surface area contributed by atoms with E-state index in [-0.39, 0.29) is 5.41 Å². The van der Waals surface area contributed by atoms with Crippen molar-refractivity contribution < 1.29 is 4.74 Å². The largest absolute Gasteiger partial charge is 0.495 e. The monoisotopic (exact) mass is 959 g/mol. The van der Waals surface area contributed by atoms with E-state index in [1.54, 1.807) is 6.42 Å². The Morgan fingerprint density at radius 2 is 1.45 bits per heavy atom. The van der Waals surface area contributed by atoms with Crippen molar-refractivity contribution in [2.45, 2.75) is 255 Å². The van der Waals surface area contributed by atoms with E-state index in [2.05, 4.69) is 90.1 Å². The average molecular weight is 960 g/mol. The van der Waals surface area contributed by atoms with Gasteiger partial charge in [0.2, 0.25) is 0 Å². The summed E-state index contributed by atoms with van der Waals surface area (Å²) in [5.74, 6) is 10.3. The minimum atomic E-state index is 0.174. The SMILES string of the molecule is C=CC1CC=C(OC2CC=C(C3(C4=CCC(C)CC4)C4C=CCCC4C4C=CC(N(C5CCC(C6CCC7C(C6)C6CCCCC6N7C6CC=CCC6)CC5)C5CCC=C6CCCCC65)CC43)CC2)CC1. The Bertz CT molecular complexity index is 2130. The van der Waals surface area contributed by atoms with E-state index in [0.29, 0.717) is 35.8 Å². The Kier molecular flexibility index (Phi) is 14.3. The average Bonchev–Trinajstić information content (AvgIpc) is 3.92. The molecule has 0 N–H and O–H groups in total. The number of ether oxygens (including phenoxy) is 1. The molecule has 17 atom stereocenters. The van der Waals surface area contributed by atoms with Crippen LogP contribution in [0.4, 0.5) is 0 Å². The number of hydrogen-bond acceptors (Lipinski definition) is 3. The van der Waals surface area contributed by atoms with Gasteiger partial charge in [-0.05, 0) is 245 Å². The molecule has 3 heteroatoms. The summed E-state index contributed by atoms with van der Waals surface area (Å²) in [6, 6.07) is 4.69. The number of fused-ring (bicyclic) bond motifs is 7. The number of rotatable bonds is 10. The van der Waals surface area contributed by atoms with Crippen molar-refractivity contribution in [2.75, 3.05) is 0 Å². The fourth-order valence-corrected chi connectivity index (χ4v) is 20.9. The van der Waals surface area contributed by atoms with E-state index >= 15 is 0 Å². The van der Waals surface area contributed by atoms with Crippen LogP contribution in [-0.4, -0.2) is 52.2 Å². The molecule has 0 amide bonds. The Morgan fingerprint density at radius 3 is 2.25 bits per heavy atom. The highest BCUT2D eigenvalue weighted by Crippen LogP contribution is 2.69. The summed E-state index contributed by atoms with van der Waals surface area (Å²) >= 11 is 0. The van der Waals surface area contributed by atoms with Gasteiger partial charge in [-0.15, -0.1) is 6.58 Å². The molecule has 0 radical (unpaired) electrons. The summed E-state index contributed by atoms with van der Waals surface area (Å²) in [6.45, 7) is 6.63. The zero-order valence-corrected chi connectivity index (χ0v) is 44.9. The molecule has 386 valence electrons. The zero-order valence-electron chi connectivity index (χ0n) is 44.9. The van der Waals surface area contributed by atoms with Crippen LogP contribution in [0.2, 0.25) is 0 Å². The van der Waals surface area contributed by atoms with Crippen LogP contribution < -0.4 is 0 Å². The molecular formula is C68H98N2O. The molecule has 71 heavy (non-hydrogen) atoms. The highest BCUT2D eigenvalue weighted by atomic mass is 16.5. The topological polar surface area (TPSA) is 15.7 Å². The first-order chi connectivity index (χ1) is 35.0. The first-order valence-corrected chi connectivity index (χ1v) is 31.7. The lowest BCUT2D eigenvalue weighted by Gasteiger charge is -2.54. The molecule has 5 saturated carbocycles. The third-order valence-corrected chi connectivity index (χ3v) is 24.1. The lowest BCUT2D eigenvalue weighted by molar-refractivity contribution is 0.00161.